The van der Waals surface area contributed by atoms with Gasteiger partial charge in [0.05, 0.1) is 6.54 Å². The molecule has 14 heavy (non-hydrogen) atoms. The van der Waals surface area contributed by atoms with E-state index in [0.717, 1.165) is 0 Å². The fourth-order valence-electron chi connectivity index (χ4n) is 0.949. The number of hydrogen-bond acceptors (Lipinski definition) is 6. The van der Waals surface area contributed by atoms with Crippen molar-refractivity contribution >= 4 is 17.5 Å². The number of amides is 1. The van der Waals surface area contributed by atoms with E-state index in [9.17, 15) is 4.79 Å². The molecule has 0 aliphatic carbocycles. The maximum absolute atomic E-state index is 10.6. The predicted octanol–water partition coefficient (Wildman–Crippen LogP) is -1.32. The van der Waals surface area contributed by atoms with Crippen LogP contribution in [-0.2, 0) is 4.79 Å². The van der Waals surface area contributed by atoms with Crippen LogP contribution >= 0.6 is 0 Å². The molecule has 0 saturated heterocycles. The van der Waals surface area contributed by atoms with Gasteiger partial charge in [-0.25, -0.2) is 15.8 Å². The van der Waals surface area contributed by atoms with E-state index in [1.54, 1.807) is 18.0 Å². The van der Waals surface area contributed by atoms with E-state index in [0.29, 0.717) is 11.6 Å². The third-order valence-electron chi connectivity index (χ3n) is 1.58. The first kappa shape index (κ1) is 10.2. The largest absolute Gasteiger partial charge is 0.368 e. The van der Waals surface area contributed by atoms with Gasteiger partial charge in [0.15, 0.2) is 0 Å². The molecule has 76 valence electrons. The summed E-state index contributed by atoms with van der Waals surface area (Å²) in [5.74, 6) is 5.80. The molecule has 1 heterocycles. The van der Waals surface area contributed by atoms with E-state index in [1.807, 2.05) is 0 Å². The highest BCUT2D eigenvalue weighted by Crippen LogP contribution is 2.10. The van der Waals surface area contributed by atoms with Crippen LogP contribution in [0.3, 0.4) is 0 Å². The van der Waals surface area contributed by atoms with E-state index in [2.05, 4.69) is 15.4 Å². The van der Waals surface area contributed by atoms with Crippen molar-refractivity contribution < 1.29 is 4.79 Å². The Kier molecular flexibility index (Phi) is 3.19. The molecule has 1 amide bonds. The molecule has 0 aromatic carbocycles. The summed E-state index contributed by atoms with van der Waals surface area (Å²) >= 11 is 0. The van der Waals surface area contributed by atoms with Crippen molar-refractivity contribution in [3.8, 4) is 0 Å². The van der Waals surface area contributed by atoms with Crippen LogP contribution in [0.1, 0.15) is 0 Å². The van der Waals surface area contributed by atoms with Crippen molar-refractivity contribution in [1.82, 2.24) is 9.97 Å². The van der Waals surface area contributed by atoms with E-state index < -0.39 is 5.91 Å². The molecule has 0 aliphatic heterocycles. The number of nitrogens with two attached hydrogens (primary N) is 2. The van der Waals surface area contributed by atoms with Crippen molar-refractivity contribution in [3.63, 3.8) is 0 Å². The third-order valence-corrected chi connectivity index (χ3v) is 1.58. The predicted molar refractivity (Wildman–Crippen MR) is 52.3 cm³/mol. The number of nitrogens with one attached hydrogen (secondary N) is 1. The Morgan fingerprint density at radius 2 is 2.36 bits per heavy atom. The Bertz CT molecular complexity index is 328. The first-order valence-corrected chi connectivity index (χ1v) is 3.91. The first-order valence-electron chi connectivity index (χ1n) is 3.91. The molecular formula is C7H12N6O. The Morgan fingerprint density at radius 3 is 2.93 bits per heavy atom. The number of primary amides is 1. The maximum atomic E-state index is 10.6. The van der Waals surface area contributed by atoms with Crippen molar-refractivity contribution in [2.45, 2.75) is 0 Å². The van der Waals surface area contributed by atoms with Crippen molar-refractivity contribution in [1.29, 1.82) is 0 Å². The smallest absolute Gasteiger partial charge is 0.236 e. The van der Waals surface area contributed by atoms with Gasteiger partial charge in [-0.3, -0.25) is 4.79 Å². The Labute approximate surface area is 81.1 Å². The van der Waals surface area contributed by atoms with Crippen LogP contribution in [-0.4, -0.2) is 29.5 Å². The third kappa shape index (κ3) is 2.56. The topological polar surface area (TPSA) is 110 Å². The zero-order chi connectivity index (χ0) is 10.6. The maximum Gasteiger partial charge on any atom is 0.236 e. The van der Waals surface area contributed by atoms with Crippen LogP contribution in [0, 0.1) is 0 Å². The molecule has 5 N–H and O–H groups in total. The van der Waals surface area contributed by atoms with Gasteiger partial charge >= 0.3 is 0 Å². The molecule has 0 saturated carbocycles. The number of aromatic nitrogens is 2. The van der Waals surface area contributed by atoms with E-state index in [-0.39, 0.29) is 6.54 Å². The number of anilines is 2. The molecule has 0 atom stereocenters. The van der Waals surface area contributed by atoms with Gasteiger partial charge in [0.25, 0.3) is 0 Å². The fourth-order valence-corrected chi connectivity index (χ4v) is 0.949. The van der Waals surface area contributed by atoms with E-state index in [1.165, 1.54) is 6.33 Å². The number of carbonyl (C=O) groups excluding carboxylic acids is 1. The van der Waals surface area contributed by atoms with Gasteiger partial charge in [-0.1, -0.05) is 0 Å². The fraction of sp³-hybridized carbons (Fsp3) is 0.286. The average Bonchev–Trinajstić information content (AvgIpc) is 2.17. The monoisotopic (exact) mass is 196 g/mol. The Hall–Kier alpha value is -1.89. The highest BCUT2D eigenvalue weighted by molar-refractivity contribution is 5.79. The van der Waals surface area contributed by atoms with Gasteiger partial charge in [0, 0.05) is 13.1 Å². The highest BCUT2D eigenvalue weighted by atomic mass is 16.1. The minimum Gasteiger partial charge on any atom is -0.368 e. The second-order valence-electron chi connectivity index (χ2n) is 2.73. The summed E-state index contributed by atoms with van der Waals surface area (Å²) in [6.07, 6.45) is 1.35. The Morgan fingerprint density at radius 1 is 1.64 bits per heavy atom. The lowest BCUT2D eigenvalue weighted by atomic mass is 10.4. The lowest BCUT2D eigenvalue weighted by Gasteiger charge is -2.15. The van der Waals surface area contributed by atoms with Gasteiger partial charge in [-0.15, -0.1) is 0 Å². The molecule has 0 radical (unpaired) electrons. The number of carbonyl (C=O) groups is 1. The zero-order valence-corrected chi connectivity index (χ0v) is 7.77. The van der Waals surface area contributed by atoms with Gasteiger partial charge in [0.2, 0.25) is 5.91 Å². The number of hydrazine groups is 1. The second kappa shape index (κ2) is 4.38. The Balaban J connectivity index is 2.78. The molecule has 7 heteroatoms. The lowest BCUT2D eigenvalue weighted by molar-refractivity contribution is -0.116. The van der Waals surface area contributed by atoms with E-state index in [4.69, 9.17) is 11.6 Å². The molecule has 0 fully saturated rings. The quantitative estimate of drug-likeness (QED) is 0.407. The average molecular weight is 196 g/mol. The van der Waals surface area contributed by atoms with Crippen LogP contribution in [0.5, 0.6) is 0 Å². The molecule has 0 bridgehead atoms. The van der Waals surface area contributed by atoms with Crippen LogP contribution in [0.15, 0.2) is 12.4 Å². The van der Waals surface area contributed by atoms with Crippen molar-refractivity contribution in [2.24, 2.45) is 11.6 Å². The number of nitrogens with zero attached hydrogens (tertiary/aromatic N) is 3. The number of rotatable bonds is 4. The summed E-state index contributed by atoms with van der Waals surface area (Å²) in [7, 11) is 1.70. The molecule has 1 rings (SSSR count). The molecule has 0 unspecified atom stereocenters. The summed E-state index contributed by atoms with van der Waals surface area (Å²) < 4.78 is 0. The van der Waals surface area contributed by atoms with Gasteiger partial charge in [-0.2, -0.15) is 0 Å². The van der Waals surface area contributed by atoms with Crippen LogP contribution in [0.4, 0.5) is 11.6 Å². The summed E-state index contributed by atoms with van der Waals surface area (Å²) in [5.41, 5.74) is 7.42. The van der Waals surface area contributed by atoms with Gasteiger partial charge < -0.3 is 16.1 Å². The molecular weight excluding hydrogens is 184 g/mol. The molecule has 0 spiro atoms. The van der Waals surface area contributed by atoms with Crippen LogP contribution in [0.2, 0.25) is 0 Å². The first-order chi connectivity index (χ1) is 6.63. The summed E-state index contributed by atoms with van der Waals surface area (Å²) in [6.45, 7) is 0.0982. The normalized spacial score (nSPS) is 9.57. The minimum absolute atomic E-state index is 0.0982. The zero-order valence-electron chi connectivity index (χ0n) is 7.77. The summed E-state index contributed by atoms with van der Waals surface area (Å²) in [5, 5.41) is 0. The highest BCUT2D eigenvalue weighted by Gasteiger charge is 2.05. The number of nitrogen functional groups attached to an aromatic ring is 1. The second-order valence-corrected chi connectivity index (χ2v) is 2.73. The van der Waals surface area contributed by atoms with E-state index >= 15 is 0 Å². The van der Waals surface area contributed by atoms with Gasteiger partial charge in [0.1, 0.15) is 18.0 Å². The SMILES string of the molecule is CN(CC(N)=O)c1cc(NN)ncn1. The van der Waals surface area contributed by atoms with Crippen LogP contribution < -0.4 is 21.9 Å². The standard InChI is InChI=1S/C7H12N6O/c1-13(3-5(8)14)7-2-6(12-9)10-4-11-7/h2,4H,3,9H2,1H3,(H2,8,14)(H,10,11,12). The summed E-state index contributed by atoms with van der Waals surface area (Å²) in [4.78, 5) is 20.0. The van der Waals surface area contributed by atoms with Crippen molar-refractivity contribution in [3.05, 3.63) is 12.4 Å². The van der Waals surface area contributed by atoms with Gasteiger partial charge in [-0.05, 0) is 0 Å². The minimum atomic E-state index is -0.423. The molecule has 1 aromatic heterocycles. The van der Waals surface area contributed by atoms with Crippen molar-refractivity contribution in [2.75, 3.05) is 23.9 Å². The lowest BCUT2D eigenvalue weighted by Crippen LogP contribution is -2.31. The van der Waals surface area contributed by atoms with Crippen LogP contribution in [0.25, 0.3) is 0 Å². The summed E-state index contributed by atoms with van der Waals surface area (Å²) in [6, 6.07) is 1.61. The number of likely N-dealkylation sites (N-methyl/N-ethyl adjacent to an activating group) is 1. The molecule has 1 aromatic rings. The number of hydrogen-bond donors (Lipinski definition) is 3. The molecule has 0 aliphatic rings. The molecule has 7 nitrogen and oxygen atoms in total.